The molecule has 0 spiro atoms. The summed E-state index contributed by atoms with van der Waals surface area (Å²) in [5, 5.41) is 2.65. The van der Waals surface area contributed by atoms with Crippen molar-refractivity contribution in [2.45, 2.75) is 6.92 Å². The molecule has 0 bridgehead atoms. The number of carbonyl (C=O) groups excluding carboxylic acids is 2. The average molecular weight is 221 g/mol. The summed E-state index contributed by atoms with van der Waals surface area (Å²) in [5.41, 5.74) is 0.521. The Morgan fingerprint density at radius 3 is 2.94 bits per heavy atom. The molecule has 2 amide bonds. The van der Waals surface area contributed by atoms with Gasteiger partial charge in [-0.15, -0.1) is 0 Å². The number of hydrogen-bond donors (Lipinski definition) is 1. The number of aromatic nitrogens is 1. The molecule has 0 atom stereocenters. The highest BCUT2D eigenvalue weighted by atomic mass is 16.5. The number of anilines is 2. The Bertz CT molecular complexity index is 459. The van der Waals surface area contributed by atoms with Crippen LogP contribution in [-0.2, 0) is 9.59 Å². The summed E-state index contributed by atoms with van der Waals surface area (Å²) in [5.74, 6) is 0.374. The minimum absolute atomic E-state index is 0.0114. The van der Waals surface area contributed by atoms with Gasteiger partial charge in [0.25, 0.3) is 0 Å². The smallest absolute Gasteiger partial charge is 0.244 e. The lowest BCUT2D eigenvalue weighted by molar-refractivity contribution is -0.120. The number of nitrogens with zero attached hydrogens (tertiary/aromatic N) is 2. The van der Waals surface area contributed by atoms with Gasteiger partial charge in [0.15, 0.2) is 5.82 Å². The second-order valence-electron chi connectivity index (χ2n) is 3.38. The van der Waals surface area contributed by atoms with Gasteiger partial charge in [0.05, 0.1) is 12.8 Å². The van der Waals surface area contributed by atoms with Crippen molar-refractivity contribution in [2.24, 2.45) is 0 Å². The number of amides is 2. The standard InChI is InChI=1S/C10H11N3O3/c1-6(14)13-5-8(15)11-7-3-4-9(16-2)12-10(7)13/h3-4H,5H2,1-2H3,(H,11,15). The predicted octanol–water partition coefficient (Wildman–Crippen LogP) is 0.395. The van der Waals surface area contributed by atoms with Crippen molar-refractivity contribution in [2.75, 3.05) is 23.9 Å². The number of hydrogen-bond acceptors (Lipinski definition) is 4. The molecular formula is C10H11N3O3. The van der Waals surface area contributed by atoms with E-state index in [1.807, 2.05) is 0 Å². The zero-order valence-electron chi connectivity index (χ0n) is 8.98. The Morgan fingerprint density at radius 2 is 2.31 bits per heavy atom. The number of rotatable bonds is 1. The number of fused-ring (bicyclic) bond motifs is 1. The highest BCUT2D eigenvalue weighted by Gasteiger charge is 2.26. The van der Waals surface area contributed by atoms with Crippen molar-refractivity contribution >= 4 is 23.3 Å². The first-order valence-corrected chi connectivity index (χ1v) is 4.75. The fraction of sp³-hybridized carbons (Fsp3) is 0.300. The number of methoxy groups -OCH3 is 1. The van der Waals surface area contributed by atoms with E-state index >= 15 is 0 Å². The maximum absolute atomic E-state index is 11.4. The van der Waals surface area contributed by atoms with E-state index in [4.69, 9.17) is 4.74 Å². The van der Waals surface area contributed by atoms with Crippen LogP contribution in [0.15, 0.2) is 12.1 Å². The first-order chi connectivity index (χ1) is 7.61. The average Bonchev–Trinajstić information content (AvgIpc) is 2.27. The lowest BCUT2D eigenvalue weighted by Crippen LogP contribution is -2.41. The van der Waals surface area contributed by atoms with Gasteiger partial charge in [0.1, 0.15) is 6.54 Å². The zero-order chi connectivity index (χ0) is 11.7. The predicted molar refractivity (Wildman–Crippen MR) is 57.4 cm³/mol. The fourth-order valence-corrected chi connectivity index (χ4v) is 1.52. The zero-order valence-corrected chi connectivity index (χ0v) is 8.98. The number of ether oxygens (including phenoxy) is 1. The summed E-state index contributed by atoms with van der Waals surface area (Å²) in [6.07, 6.45) is 0. The second-order valence-corrected chi connectivity index (χ2v) is 3.38. The van der Waals surface area contributed by atoms with Crippen LogP contribution in [0.25, 0.3) is 0 Å². The third-order valence-corrected chi connectivity index (χ3v) is 2.27. The molecule has 0 saturated carbocycles. The molecule has 1 aliphatic rings. The molecule has 0 fully saturated rings. The topological polar surface area (TPSA) is 71.5 Å². The van der Waals surface area contributed by atoms with E-state index in [2.05, 4.69) is 10.3 Å². The summed E-state index contributed by atoms with van der Waals surface area (Å²) in [4.78, 5) is 28.2. The van der Waals surface area contributed by atoms with Crippen LogP contribution in [0.5, 0.6) is 5.88 Å². The van der Waals surface area contributed by atoms with Crippen LogP contribution in [0, 0.1) is 0 Å². The van der Waals surface area contributed by atoms with Crippen molar-refractivity contribution in [3.05, 3.63) is 12.1 Å². The van der Waals surface area contributed by atoms with Crippen LogP contribution >= 0.6 is 0 Å². The van der Waals surface area contributed by atoms with Crippen molar-refractivity contribution in [3.8, 4) is 5.88 Å². The number of carbonyl (C=O) groups is 2. The molecule has 1 aliphatic heterocycles. The quantitative estimate of drug-likeness (QED) is 0.744. The van der Waals surface area contributed by atoms with Crippen LogP contribution in [0.1, 0.15) is 6.92 Å². The second kappa shape index (κ2) is 3.80. The fourth-order valence-electron chi connectivity index (χ4n) is 1.52. The molecule has 0 radical (unpaired) electrons. The molecule has 84 valence electrons. The van der Waals surface area contributed by atoms with Gasteiger partial charge in [0.2, 0.25) is 17.7 Å². The van der Waals surface area contributed by atoms with Crippen molar-refractivity contribution in [1.29, 1.82) is 0 Å². The van der Waals surface area contributed by atoms with Gasteiger partial charge in [-0.05, 0) is 6.07 Å². The Balaban J connectivity index is 2.49. The van der Waals surface area contributed by atoms with Crippen LogP contribution in [0.3, 0.4) is 0 Å². The Hall–Kier alpha value is -2.11. The molecule has 0 saturated heterocycles. The SMILES string of the molecule is COc1ccc2c(n1)N(C(C)=O)CC(=O)N2. The maximum Gasteiger partial charge on any atom is 0.244 e. The lowest BCUT2D eigenvalue weighted by atomic mass is 10.2. The summed E-state index contributed by atoms with van der Waals surface area (Å²) in [7, 11) is 1.49. The van der Waals surface area contributed by atoms with E-state index < -0.39 is 0 Å². The van der Waals surface area contributed by atoms with Gasteiger partial charge in [-0.3, -0.25) is 14.5 Å². The summed E-state index contributed by atoms with van der Waals surface area (Å²) in [6, 6.07) is 3.29. The maximum atomic E-state index is 11.4. The van der Waals surface area contributed by atoms with E-state index in [9.17, 15) is 9.59 Å². The van der Waals surface area contributed by atoms with Gasteiger partial charge < -0.3 is 10.1 Å². The lowest BCUT2D eigenvalue weighted by Gasteiger charge is -2.27. The largest absolute Gasteiger partial charge is 0.481 e. The van der Waals surface area contributed by atoms with Crippen molar-refractivity contribution in [1.82, 2.24) is 4.98 Å². The van der Waals surface area contributed by atoms with Gasteiger partial charge in [-0.25, -0.2) is 0 Å². The van der Waals surface area contributed by atoms with Crippen LogP contribution in [0.4, 0.5) is 11.5 Å². The van der Waals surface area contributed by atoms with Crippen LogP contribution < -0.4 is 15.0 Å². The Labute approximate surface area is 92.2 Å². The molecule has 2 heterocycles. The molecule has 0 aromatic carbocycles. The normalized spacial score (nSPS) is 14.1. The third kappa shape index (κ3) is 1.69. The highest BCUT2D eigenvalue weighted by molar-refractivity contribution is 6.08. The van der Waals surface area contributed by atoms with E-state index in [0.29, 0.717) is 17.4 Å². The Morgan fingerprint density at radius 1 is 1.56 bits per heavy atom. The Kier molecular flexibility index (Phi) is 2.47. The molecule has 1 aromatic rings. The molecular weight excluding hydrogens is 210 g/mol. The molecule has 1 N–H and O–H groups in total. The first-order valence-electron chi connectivity index (χ1n) is 4.75. The number of nitrogens with one attached hydrogen (secondary N) is 1. The molecule has 16 heavy (non-hydrogen) atoms. The first kappa shape index (κ1) is 10.4. The molecule has 0 unspecified atom stereocenters. The van der Waals surface area contributed by atoms with E-state index in [0.717, 1.165) is 0 Å². The van der Waals surface area contributed by atoms with E-state index in [1.54, 1.807) is 12.1 Å². The highest BCUT2D eigenvalue weighted by Crippen LogP contribution is 2.29. The molecule has 1 aromatic heterocycles. The van der Waals surface area contributed by atoms with Crippen molar-refractivity contribution < 1.29 is 14.3 Å². The van der Waals surface area contributed by atoms with Crippen LogP contribution in [0.2, 0.25) is 0 Å². The van der Waals surface area contributed by atoms with E-state index in [-0.39, 0.29) is 18.4 Å². The molecule has 6 heteroatoms. The number of pyridine rings is 1. The van der Waals surface area contributed by atoms with Gasteiger partial charge in [-0.1, -0.05) is 0 Å². The summed E-state index contributed by atoms with van der Waals surface area (Å²) in [6.45, 7) is 1.38. The van der Waals surface area contributed by atoms with E-state index in [1.165, 1.54) is 18.9 Å². The molecule has 2 rings (SSSR count). The van der Waals surface area contributed by atoms with Crippen LogP contribution in [-0.4, -0.2) is 30.5 Å². The third-order valence-electron chi connectivity index (χ3n) is 2.27. The van der Waals surface area contributed by atoms with Gasteiger partial charge in [-0.2, -0.15) is 4.98 Å². The molecule has 6 nitrogen and oxygen atoms in total. The van der Waals surface area contributed by atoms with Gasteiger partial charge >= 0.3 is 0 Å². The van der Waals surface area contributed by atoms with Gasteiger partial charge in [0, 0.05) is 13.0 Å². The monoisotopic (exact) mass is 221 g/mol. The summed E-state index contributed by atoms with van der Waals surface area (Å²) >= 11 is 0. The minimum Gasteiger partial charge on any atom is -0.481 e. The molecule has 0 aliphatic carbocycles. The van der Waals surface area contributed by atoms with Crippen molar-refractivity contribution in [3.63, 3.8) is 0 Å². The summed E-state index contributed by atoms with van der Waals surface area (Å²) < 4.78 is 4.97. The minimum atomic E-state index is -0.227.